The molecule has 4 nitrogen and oxygen atoms in total. The Morgan fingerprint density at radius 1 is 1.43 bits per heavy atom. The summed E-state index contributed by atoms with van der Waals surface area (Å²) >= 11 is 6.05. The Labute approximate surface area is 129 Å². The Balaban J connectivity index is 2.32. The molecule has 0 fully saturated rings. The molecule has 0 unspecified atom stereocenters. The van der Waals surface area contributed by atoms with E-state index in [2.05, 4.69) is 23.3 Å². The number of nitriles is 1. The average molecular weight is 304 g/mol. The molecule has 0 radical (unpaired) electrons. The summed E-state index contributed by atoms with van der Waals surface area (Å²) in [4.78, 5) is 4.27. The van der Waals surface area contributed by atoms with Crippen LogP contribution < -0.4 is 5.32 Å². The fourth-order valence-electron chi connectivity index (χ4n) is 2.38. The Bertz CT molecular complexity index is 679. The fraction of sp³-hybridized carbons (Fsp3) is 0.375. The second-order valence-electron chi connectivity index (χ2n) is 5.39. The predicted molar refractivity (Wildman–Crippen MR) is 85.4 cm³/mol. The topological polar surface area (TPSA) is 68.9 Å². The number of aromatic nitrogens is 1. The summed E-state index contributed by atoms with van der Waals surface area (Å²) in [5.41, 5.74) is 2.04. The molecule has 0 aliphatic carbocycles. The minimum Gasteiger partial charge on any atom is -0.393 e. The molecule has 21 heavy (non-hydrogen) atoms. The lowest BCUT2D eigenvalue weighted by atomic mass is 10.0. The highest BCUT2D eigenvalue weighted by Gasteiger charge is 2.11. The van der Waals surface area contributed by atoms with Crippen molar-refractivity contribution in [1.29, 1.82) is 5.26 Å². The van der Waals surface area contributed by atoms with Crippen LogP contribution in [0.2, 0.25) is 5.02 Å². The molecule has 0 aliphatic rings. The molecular formula is C16H18ClN3O. The predicted octanol–water partition coefficient (Wildman–Crippen LogP) is 3.58. The number of hydrogen-bond donors (Lipinski definition) is 2. The highest BCUT2D eigenvalue weighted by atomic mass is 35.5. The van der Waals surface area contributed by atoms with Gasteiger partial charge in [-0.05, 0) is 37.5 Å². The van der Waals surface area contributed by atoms with Crippen LogP contribution >= 0.6 is 11.6 Å². The molecule has 0 spiro atoms. The number of nitrogens with one attached hydrogen (secondary N) is 1. The molecule has 1 aromatic heterocycles. The molecule has 5 heteroatoms. The first-order chi connectivity index (χ1) is 10.0. The third-order valence-corrected chi connectivity index (χ3v) is 3.56. The second kappa shape index (κ2) is 6.75. The van der Waals surface area contributed by atoms with E-state index in [0.29, 0.717) is 29.5 Å². The zero-order chi connectivity index (χ0) is 15.4. The zero-order valence-electron chi connectivity index (χ0n) is 12.1. The van der Waals surface area contributed by atoms with Crippen LogP contribution in [-0.2, 0) is 0 Å². The molecule has 0 bridgehead atoms. The van der Waals surface area contributed by atoms with E-state index in [9.17, 15) is 10.4 Å². The van der Waals surface area contributed by atoms with E-state index in [0.717, 1.165) is 16.6 Å². The fourth-order valence-corrected chi connectivity index (χ4v) is 2.55. The Hall–Kier alpha value is -1.83. The van der Waals surface area contributed by atoms with Crippen LogP contribution in [0.3, 0.4) is 0 Å². The van der Waals surface area contributed by atoms with Crippen molar-refractivity contribution in [3.05, 3.63) is 35.0 Å². The molecule has 2 aromatic rings. The molecule has 0 amide bonds. The number of aliphatic hydroxyl groups excluding tert-OH is 1. The van der Waals surface area contributed by atoms with E-state index in [1.807, 2.05) is 12.1 Å². The highest BCUT2D eigenvalue weighted by molar-refractivity contribution is 6.31. The Kier molecular flexibility index (Phi) is 5.00. The molecule has 2 rings (SSSR count). The lowest BCUT2D eigenvalue weighted by Crippen LogP contribution is -2.17. The van der Waals surface area contributed by atoms with Gasteiger partial charge < -0.3 is 10.4 Å². The number of hydrogen-bond acceptors (Lipinski definition) is 4. The van der Waals surface area contributed by atoms with Gasteiger partial charge in [-0.15, -0.1) is 0 Å². The van der Waals surface area contributed by atoms with Crippen molar-refractivity contribution in [2.45, 2.75) is 26.4 Å². The number of fused-ring (bicyclic) bond motifs is 1. The van der Waals surface area contributed by atoms with Gasteiger partial charge in [-0.2, -0.15) is 5.26 Å². The Morgan fingerprint density at radius 3 is 2.86 bits per heavy atom. The van der Waals surface area contributed by atoms with Gasteiger partial charge in [0, 0.05) is 23.2 Å². The van der Waals surface area contributed by atoms with Gasteiger partial charge >= 0.3 is 0 Å². The molecule has 2 atom stereocenters. The van der Waals surface area contributed by atoms with Gasteiger partial charge in [-0.25, -0.2) is 0 Å². The van der Waals surface area contributed by atoms with Crippen LogP contribution in [0.4, 0.5) is 5.69 Å². The van der Waals surface area contributed by atoms with Crippen molar-refractivity contribution in [2.24, 2.45) is 5.92 Å². The monoisotopic (exact) mass is 303 g/mol. The number of halogens is 1. The smallest absolute Gasteiger partial charge is 0.103 e. The summed E-state index contributed by atoms with van der Waals surface area (Å²) in [5.74, 6) is 0.291. The molecule has 0 aliphatic heterocycles. The first-order valence-corrected chi connectivity index (χ1v) is 7.29. The van der Waals surface area contributed by atoms with Gasteiger partial charge in [0.2, 0.25) is 0 Å². The summed E-state index contributed by atoms with van der Waals surface area (Å²) in [6.07, 6.45) is 1.94. The van der Waals surface area contributed by atoms with E-state index < -0.39 is 0 Å². The van der Waals surface area contributed by atoms with Crippen LogP contribution in [-0.4, -0.2) is 22.7 Å². The number of benzene rings is 1. The highest BCUT2D eigenvalue weighted by Crippen LogP contribution is 2.28. The van der Waals surface area contributed by atoms with Gasteiger partial charge in [-0.1, -0.05) is 18.5 Å². The SMILES string of the molecule is C[C@@H](CNc1c(C#N)cnc2ccc(Cl)cc12)C[C@H](C)O. The van der Waals surface area contributed by atoms with Gasteiger partial charge in [0.25, 0.3) is 0 Å². The van der Waals surface area contributed by atoms with E-state index in [1.165, 1.54) is 0 Å². The number of pyridine rings is 1. The third kappa shape index (κ3) is 3.84. The van der Waals surface area contributed by atoms with Gasteiger partial charge in [0.1, 0.15) is 6.07 Å². The van der Waals surface area contributed by atoms with E-state index in [-0.39, 0.29) is 6.10 Å². The quantitative estimate of drug-likeness (QED) is 0.886. The van der Waals surface area contributed by atoms with Crippen LogP contribution in [0, 0.1) is 17.2 Å². The van der Waals surface area contributed by atoms with Gasteiger partial charge in [0.05, 0.1) is 22.9 Å². The summed E-state index contributed by atoms with van der Waals surface area (Å²) in [6, 6.07) is 7.58. The molecule has 1 aromatic carbocycles. The normalized spacial score (nSPS) is 13.7. The second-order valence-corrected chi connectivity index (χ2v) is 5.83. The Morgan fingerprint density at radius 2 is 2.19 bits per heavy atom. The summed E-state index contributed by atoms with van der Waals surface area (Å²) < 4.78 is 0. The van der Waals surface area contributed by atoms with Crippen LogP contribution in [0.1, 0.15) is 25.8 Å². The number of rotatable bonds is 5. The van der Waals surface area contributed by atoms with Gasteiger partial charge in [0.15, 0.2) is 0 Å². The molecule has 0 saturated heterocycles. The van der Waals surface area contributed by atoms with Crippen LogP contribution in [0.15, 0.2) is 24.4 Å². The number of nitrogens with zero attached hydrogens (tertiary/aromatic N) is 2. The summed E-state index contributed by atoms with van der Waals surface area (Å²) in [6.45, 7) is 4.51. The summed E-state index contributed by atoms with van der Waals surface area (Å²) in [7, 11) is 0. The minimum atomic E-state index is -0.333. The van der Waals surface area contributed by atoms with Crippen molar-refractivity contribution in [3.8, 4) is 6.07 Å². The lowest BCUT2D eigenvalue weighted by molar-refractivity contribution is 0.166. The number of anilines is 1. The minimum absolute atomic E-state index is 0.291. The van der Waals surface area contributed by atoms with Crippen molar-refractivity contribution in [2.75, 3.05) is 11.9 Å². The first kappa shape index (κ1) is 15.6. The maximum Gasteiger partial charge on any atom is 0.103 e. The molecular weight excluding hydrogens is 286 g/mol. The molecule has 110 valence electrons. The van der Waals surface area contributed by atoms with Crippen molar-refractivity contribution in [1.82, 2.24) is 4.98 Å². The maximum atomic E-state index is 9.42. The summed E-state index contributed by atoms with van der Waals surface area (Å²) in [5, 5.41) is 23.4. The van der Waals surface area contributed by atoms with E-state index in [1.54, 1.807) is 19.2 Å². The lowest BCUT2D eigenvalue weighted by Gasteiger charge is -2.17. The maximum absolute atomic E-state index is 9.42. The first-order valence-electron chi connectivity index (χ1n) is 6.91. The van der Waals surface area contributed by atoms with Crippen molar-refractivity contribution in [3.63, 3.8) is 0 Å². The average Bonchev–Trinajstić information content (AvgIpc) is 2.43. The molecule has 2 N–H and O–H groups in total. The van der Waals surface area contributed by atoms with Crippen LogP contribution in [0.5, 0.6) is 0 Å². The van der Waals surface area contributed by atoms with Gasteiger partial charge in [-0.3, -0.25) is 4.98 Å². The van der Waals surface area contributed by atoms with Crippen molar-refractivity contribution < 1.29 is 5.11 Å². The number of aliphatic hydroxyl groups is 1. The van der Waals surface area contributed by atoms with E-state index >= 15 is 0 Å². The largest absolute Gasteiger partial charge is 0.393 e. The zero-order valence-corrected chi connectivity index (χ0v) is 12.9. The standard InChI is InChI=1S/C16H18ClN3O/c1-10(5-11(2)21)8-20-16-12(7-18)9-19-15-4-3-13(17)6-14(15)16/h3-4,6,9-11,21H,5,8H2,1-2H3,(H,19,20)/t10-,11+/m1/s1. The third-order valence-electron chi connectivity index (χ3n) is 3.32. The molecule has 1 heterocycles. The van der Waals surface area contributed by atoms with Crippen LogP contribution in [0.25, 0.3) is 10.9 Å². The molecule has 0 saturated carbocycles. The van der Waals surface area contributed by atoms with Crippen molar-refractivity contribution >= 4 is 28.2 Å². The van der Waals surface area contributed by atoms with E-state index in [4.69, 9.17) is 11.6 Å².